The Hall–Kier alpha value is -1.59. The Balaban J connectivity index is 2.50. The summed E-state index contributed by atoms with van der Waals surface area (Å²) in [7, 11) is 3.30. The molecule has 0 saturated heterocycles. The first-order valence-corrected chi connectivity index (χ1v) is 3.04. The Morgan fingerprint density at radius 2 is 2.45 bits per heavy atom. The van der Waals surface area contributed by atoms with Gasteiger partial charge in [0.25, 0.3) is 0 Å². The molecule has 2 amide bonds. The van der Waals surface area contributed by atoms with Crippen molar-refractivity contribution >= 4 is 11.8 Å². The number of rotatable bonds is 1. The number of aromatic amines is 1. The Morgan fingerprint density at radius 1 is 1.73 bits per heavy atom. The second kappa shape index (κ2) is 3.00. The SMILES string of the molecule is CN(C)C(=O)Nc1cn[nH]n1. The molecule has 60 valence electrons. The number of nitrogens with one attached hydrogen (secondary N) is 2. The van der Waals surface area contributed by atoms with Crippen LogP contribution in [-0.4, -0.2) is 40.4 Å². The highest BCUT2D eigenvalue weighted by molar-refractivity contribution is 5.87. The summed E-state index contributed by atoms with van der Waals surface area (Å²) in [5.74, 6) is 0.420. The molecule has 0 aliphatic carbocycles. The van der Waals surface area contributed by atoms with Gasteiger partial charge in [-0.3, -0.25) is 5.32 Å². The van der Waals surface area contributed by atoms with E-state index >= 15 is 0 Å². The third kappa shape index (κ3) is 1.92. The fourth-order valence-corrected chi connectivity index (χ4v) is 0.483. The fourth-order valence-electron chi connectivity index (χ4n) is 0.483. The minimum atomic E-state index is -0.223. The lowest BCUT2D eigenvalue weighted by Crippen LogP contribution is -2.27. The topological polar surface area (TPSA) is 73.9 Å². The first kappa shape index (κ1) is 7.52. The summed E-state index contributed by atoms with van der Waals surface area (Å²) in [5.41, 5.74) is 0. The molecule has 0 fully saturated rings. The molecule has 0 aliphatic rings. The maximum absolute atomic E-state index is 10.9. The lowest BCUT2D eigenvalue weighted by atomic mass is 10.7. The van der Waals surface area contributed by atoms with Gasteiger partial charge in [0.1, 0.15) is 0 Å². The van der Waals surface area contributed by atoms with Crippen molar-refractivity contribution in [3.8, 4) is 0 Å². The van der Waals surface area contributed by atoms with Gasteiger partial charge in [-0.05, 0) is 0 Å². The molecule has 1 aromatic heterocycles. The van der Waals surface area contributed by atoms with Crippen LogP contribution in [0.1, 0.15) is 0 Å². The number of nitrogens with zero attached hydrogens (tertiary/aromatic N) is 3. The largest absolute Gasteiger partial charge is 0.331 e. The predicted octanol–water partition coefficient (Wildman–Crippen LogP) is -0.102. The van der Waals surface area contributed by atoms with Crippen molar-refractivity contribution < 1.29 is 4.79 Å². The van der Waals surface area contributed by atoms with Crippen molar-refractivity contribution in [1.29, 1.82) is 0 Å². The molecule has 0 atom stereocenters. The normalized spacial score (nSPS) is 9.27. The van der Waals surface area contributed by atoms with Gasteiger partial charge in [0.15, 0.2) is 5.82 Å². The van der Waals surface area contributed by atoms with Crippen LogP contribution in [0, 0.1) is 0 Å². The van der Waals surface area contributed by atoms with Crippen LogP contribution >= 0.6 is 0 Å². The Kier molecular flexibility index (Phi) is 2.05. The highest BCUT2D eigenvalue weighted by Crippen LogP contribution is 1.96. The van der Waals surface area contributed by atoms with Crippen LogP contribution in [0.4, 0.5) is 10.6 Å². The smallest absolute Gasteiger partial charge is 0.322 e. The van der Waals surface area contributed by atoms with Crippen molar-refractivity contribution in [2.45, 2.75) is 0 Å². The number of aromatic nitrogens is 3. The zero-order chi connectivity index (χ0) is 8.27. The van der Waals surface area contributed by atoms with E-state index in [1.807, 2.05) is 0 Å². The Bertz CT molecular complexity index is 229. The van der Waals surface area contributed by atoms with Crippen LogP contribution in [0.3, 0.4) is 0 Å². The molecular weight excluding hydrogens is 146 g/mol. The van der Waals surface area contributed by atoms with Gasteiger partial charge in [-0.25, -0.2) is 4.79 Å². The molecule has 1 heterocycles. The van der Waals surface area contributed by atoms with E-state index < -0.39 is 0 Å². The molecule has 1 aromatic rings. The number of hydrogen-bond donors (Lipinski definition) is 2. The van der Waals surface area contributed by atoms with Crippen molar-refractivity contribution in [3.05, 3.63) is 6.20 Å². The standard InChI is InChI=1S/C5H9N5O/c1-10(2)5(11)7-4-3-6-9-8-4/h3H,1-2H3,(H2,6,7,8,9,11). The van der Waals surface area contributed by atoms with E-state index in [1.165, 1.54) is 11.1 Å². The highest BCUT2D eigenvalue weighted by Gasteiger charge is 2.04. The summed E-state index contributed by atoms with van der Waals surface area (Å²) in [6, 6.07) is -0.223. The summed E-state index contributed by atoms with van der Waals surface area (Å²) >= 11 is 0. The number of urea groups is 1. The van der Waals surface area contributed by atoms with Crippen LogP contribution in [0.25, 0.3) is 0 Å². The Labute approximate surface area is 63.6 Å². The average Bonchev–Trinajstić information content (AvgIpc) is 2.39. The summed E-state index contributed by atoms with van der Waals surface area (Å²) < 4.78 is 0. The van der Waals surface area contributed by atoms with E-state index in [4.69, 9.17) is 0 Å². The quantitative estimate of drug-likeness (QED) is 0.594. The van der Waals surface area contributed by atoms with Gasteiger partial charge >= 0.3 is 6.03 Å². The molecule has 0 saturated carbocycles. The van der Waals surface area contributed by atoms with E-state index in [1.54, 1.807) is 14.1 Å². The van der Waals surface area contributed by atoms with Crippen LogP contribution in [0.15, 0.2) is 6.20 Å². The van der Waals surface area contributed by atoms with Crippen LogP contribution in [0.5, 0.6) is 0 Å². The number of H-pyrrole nitrogens is 1. The van der Waals surface area contributed by atoms with Gasteiger partial charge in [0.05, 0.1) is 6.20 Å². The molecule has 2 N–H and O–H groups in total. The summed E-state index contributed by atoms with van der Waals surface area (Å²) in [6.45, 7) is 0. The van der Waals surface area contributed by atoms with E-state index in [0.29, 0.717) is 5.82 Å². The lowest BCUT2D eigenvalue weighted by molar-refractivity contribution is 0.230. The molecular formula is C5H9N5O. The number of anilines is 1. The maximum Gasteiger partial charge on any atom is 0.322 e. The lowest BCUT2D eigenvalue weighted by Gasteiger charge is -2.08. The second-order valence-corrected chi connectivity index (χ2v) is 2.18. The van der Waals surface area contributed by atoms with Gasteiger partial charge in [0, 0.05) is 14.1 Å². The van der Waals surface area contributed by atoms with Crippen LogP contribution in [-0.2, 0) is 0 Å². The van der Waals surface area contributed by atoms with Crippen molar-refractivity contribution in [2.24, 2.45) is 0 Å². The highest BCUT2D eigenvalue weighted by atomic mass is 16.2. The molecule has 0 aromatic carbocycles. The third-order valence-corrected chi connectivity index (χ3v) is 1.06. The minimum absolute atomic E-state index is 0.223. The van der Waals surface area contributed by atoms with E-state index in [9.17, 15) is 4.79 Å². The molecule has 1 rings (SSSR count). The minimum Gasteiger partial charge on any atom is -0.331 e. The van der Waals surface area contributed by atoms with Crippen molar-refractivity contribution in [1.82, 2.24) is 20.3 Å². The van der Waals surface area contributed by atoms with Crippen LogP contribution in [0.2, 0.25) is 0 Å². The van der Waals surface area contributed by atoms with E-state index in [0.717, 1.165) is 0 Å². The van der Waals surface area contributed by atoms with Crippen molar-refractivity contribution in [3.63, 3.8) is 0 Å². The van der Waals surface area contributed by atoms with E-state index in [-0.39, 0.29) is 6.03 Å². The molecule has 6 heteroatoms. The van der Waals surface area contributed by atoms with Gasteiger partial charge in [0.2, 0.25) is 0 Å². The summed E-state index contributed by atoms with van der Waals surface area (Å²) in [6.07, 6.45) is 1.43. The average molecular weight is 155 g/mol. The van der Waals surface area contributed by atoms with Gasteiger partial charge in [-0.1, -0.05) is 0 Å². The molecule has 0 aliphatic heterocycles. The molecule has 0 spiro atoms. The maximum atomic E-state index is 10.9. The Morgan fingerprint density at radius 3 is 2.91 bits per heavy atom. The number of hydrogen-bond acceptors (Lipinski definition) is 3. The van der Waals surface area contributed by atoms with Crippen molar-refractivity contribution in [2.75, 3.05) is 19.4 Å². The first-order chi connectivity index (χ1) is 5.20. The number of carbonyl (C=O) groups is 1. The molecule has 0 bridgehead atoms. The molecule has 11 heavy (non-hydrogen) atoms. The zero-order valence-corrected chi connectivity index (χ0v) is 6.33. The summed E-state index contributed by atoms with van der Waals surface area (Å²) in [4.78, 5) is 12.4. The van der Waals surface area contributed by atoms with Crippen LogP contribution < -0.4 is 5.32 Å². The predicted molar refractivity (Wildman–Crippen MR) is 39.1 cm³/mol. The second-order valence-electron chi connectivity index (χ2n) is 2.18. The number of amides is 2. The summed E-state index contributed by atoms with van der Waals surface area (Å²) in [5, 5.41) is 12.1. The van der Waals surface area contributed by atoms with E-state index in [2.05, 4.69) is 20.7 Å². The molecule has 0 unspecified atom stereocenters. The monoisotopic (exact) mass is 155 g/mol. The molecule has 6 nitrogen and oxygen atoms in total. The van der Waals surface area contributed by atoms with Gasteiger partial charge < -0.3 is 4.90 Å². The first-order valence-electron chi connectivity index (χ1n) is 3.04. The fraction of sp³-hybridized carbons (Fsp3) is 0.400. The molecule has 0 radical (unpaired) electrons. The van der Waals surface area contributed by atoms with Gasteiger partial charge in [-0.2, -0.15) is 10.3 Å². The zero-order valence-electron chi connectivity index (χ0n) is 6.33. The third-order valence-electron chi connectivity index (χ3n) is 1.06. The van der Waals surface area contributed by atoms with Gasteiger partial charge in [-0.15, -0.1) is 5.10 Å². The number of carbonyl (C=O) groups excluding carboxylic acids is 1.